The maximum Gasteiger partial charge on any atom is 0.377 e. The maximum absolute atomic E-state index is 11.5. The number of nitrogens with zero attached hydrogens (tertiary/aromatic N) is 1. The molecule has 2 N–H and O–H groups in total. The van der Waals surface area contributed by atoms with Crippen molar-refractivity contribution in [2.24, 2.45) is 0 Å². The standard InChI is InChI=1S/C12H28NO5P/c1-4-5-6-7-11-17-19(15,16)18-12-9-13(2,3)8-10-14/h14H,4-12H2,1-3H3/p+1. The van der Waals surface area contributed by atoms with Gasteiger partial charge in [0.25, 0.3) is 0 Å². The summed E-state index contributed by atoms with van der Waals surface area (Å²) in [4.78, 5) is 21.0. The third-order valence-electron chi connectivity index (χ3n) is 2.91. The van der Waals surface area contributed by atoms with Gasteiger partial charge >= 0.3 is 8.17 Å². The van der Waals surface area contributed by atoms with Crippen molar-refractivity contribution in [3.05, 3.63) is 0 Å². The van der Waals surface area contributed by atoms with Gasteiger partial charge in [-0.05, 0) is 6.42 Å². The van der Waals surface area contributed by atoms with Crippen LogP contribution >= 0.6 is 8.17 Å². The average molecular weight is 298 g/mol. The van der Waals surface area contributed by atoms with Crippen LogP contribution in [-0.4, -0.2) is 61.5 Å². The van der Waals surface area contributed by atoms with Crippen LogP contribution in [0.15, 0.2) is 0 Å². The Balaban J connectivity index is 3.72. The lowest BCUT2D eigenvalue weighted by atomic mass is 10.2. The Morgan fingerprint density at radius 3 is 2.26 bits per heavy atom. The number of unbranched alkanes of at least 4 members (excludes halogenated alkanes) is 3. The van der Waals surface area contributed by atoms with Crippen molar-refractivity contribution in [2.75, 3.05) is 47.0 Å². The third kappa shape index (κ3) is 11.7. The Hall–Kier alpha value is 0.190. The van der Waals surface area contributed by atoms with E-state index in [9.17, 15) is 9.79 Å². The molecule has 6 nitrogen and oxygen atoms in total. The van der Waals surface area contributed by atoms with E-state index in [1.165, 1.54) is 0 Å². The number of rotatable bonds is 12. The van der Waals surface area contributed by atoms with E-state index in [2.05, 4.69) is 6.92 Å². The zero-order chi connectivity index (χ0) is 14.8. The summed E-state index contributed by atoms with van der Waals surface area (Å²) in [5.74, 6) is 0. The molecule has 0 rings (SSSR count). The number of hydrogen-bond acceptors (Lipinski definition) is 5. The largest absolute Gasteiger partial charge is 0.606 e. The fourth-order valence-corrected chi connectivity index (χ4v) is 2.28. The normalized spacial score (nSPS) is 15.5. The lowest BCUT2D eigenvalue weighted by Crippen LogP contribution is -2.44. The minimum absolute atomic E-state index is 0.0811. The van der Waals surface area contributed by atoms with Gasteiger partial charge in [0.2, 0.25) is 0 Å². The van der Waals surface area contributed by atoms with Crippen molar-refractivity contribution in [3.63, 3.8) is 0 Å². The summed E-state index contributed by atoms with van der Waals surface area (Å²) in [6.45, 7) is 3.70. The van der Waals surface area contributed by atoms with Crippen molar-refractivity contribution < 1.29 is 28.4 Å². The Bertz CT molecular complexity index is 226. The lowest BCUT2D eigenvalue weighted by Gasteiger charge is -2.29. The summed E-state index contributed by atoms with van der Waals surface area (Å²) >= 11 is 0. The summed E-state index contributed by atoms with van der Waals surface area (Å²) in [6, 6.07) is 0. The van der Waals surface area contributed by atoms with Crippen LogP contribution in [0.25, 0.3) is 0 Å². The number of phosphoric ester groups is 1. The van der Waals surface area contributed by atoms with E-state index in [0.717, 1.165) is 25.7 Å². The van der Waals surface area contributed by atoms with Crippen LogP contribution in [-0.2, 0) is 9.05 Å². The molecule has 1 unspecified atom stereocenters. The third-order valence-corrected chi connectivity index (χ3v) is 3.93. The highest BCUT2D eigenvalue weighted by Crippen LogP contribution is 2.47. The maximum atomic E-state index is 11.5. The molecular formula is C12H29NO5P+. The van der Waals surface area contributed by atoms with Gasteiger partial charge in [-0.3, -0.25) is 0 Å². The summed E-state index contributed by atoms with van der Waals surface area (Å²) in [7, 11) is -0.0705. The van der Waals surface area contributed by atoms with Gasteiger partial charge < -0.3 is 14.5 Å². The number of aliphatic hydroxyl groups is 1. The number of hydrogen-bond donors (Lipinski definition) is 2. The predicted octanol–water partition coefficient (Wildman–Crippen LogP) is 0.699. The molecule has 0 saturated carbocycles. The van der Waals surface area contributed by atoms with Gasteiger partial charge in [-0.25, -0.2) is 0 Å². The van der Waals surface area contributed by atoms with Gasteiger partial charge in [-0.1, -0.05) is 26.2 Å². The van der Waals surface area contributed by atoms with E-state index < -0.39 is 8.17 Å². The van der Waals surface area contributed by atoms with E-state index in [1.54, 1.807) is 0 Å². The summed E-state index contributed by atoms with van der Waals surface area (Å²) < 4.78 is 10.3. The fourth-order valence-electron chi connectivity index (χ4n) is 1.53. The molecule has 0 saturated heterocycles. The Kier molecular flexibility index (Phi) is 10.1. The molecule has 116 valence electrons. The Morgan fingerprint density at radius 2 is 1.68 bits per heavy atom. The first-order chi connectivity index (χ1) is 8.83. The predicted molar refractivity (Wildman–Crippen MR) is 74.1 cm³/mol. The lowest BCUT2D eigenvalue weighted by molar-refractivity contribution is -0.890. The van der Waals surface area contributed by atoms with Crippen LogP contribution in [0.1, 0.15) is 32.6 Å². The summed E-state index contributed by atoms with van der Waals surface area (Å²) in [6.07, 6.45) is 3.99. The summed E-state index contributed by atoms with van der Waals surface area (Å²) in [5.41, 5.74) is 0. The second-order valence-electron chi connectivity index (χ2n) is 5.30. The van der Waals surface area contributed by atoms with E-state index in [-0.39, 0.29) is 19.8 Å². The molecule has 0 aliphatic carbocycles. The van der Waals surface area contributed by atoms with Gasteiger partial charge in [0.05, 0.1) is 27.3 Å². The molecule has 0 radical (unpaired) electrons. The van der Waals surface area contributed by atoms with E-state index in [0.29, 0.717) is 17.6 Å². The van der Waals surface area contributed by atoms with Gasteiger partial charge in [0.1, 0.15) is 19.7 Å². The smallest absolute Gasteiger partial charge is 0.377 e. The molecule has 1 atom stereocenters. The molecule has 19 heavy (non-hydrogen) atoms. The van der Waals surface area contributed by atoms with Crippen LogP contribution in [0.2, 0.25) is 0 Å². The Morgan fingerprint density at radius 1 is 1.05 bits per heavy atom. The number of quaternary nitrogens is 1. The number of phosphoric acid groups is 1. The molecule has 0 amide bonds. The number of likely N-dealkylation sites (N-methyl/N-ethyl adjacent to an activating group) is 1. The second kappa shape index (κ2) is 10.00. The highest BCUT2D eigenvalue weighted by atomic mass is 31.2. The first-order valence-electron chi connectivity index (χ1n) is 6.88. The number of aliphatic hydroxyl groups excluding tert-OH is 1. The minimum Gasteiger partial charge on any atom is -0.606 e. The monoisotopic (exact) mass is 298 g/mol. The van der Waals surface area contributed by atoms with Gasteiger partial charge in [-0.2, -0.15) is 13.9 Å². The minimum atomic E-state index is -3.92. The zero-order valence-corrected chi connectivity index (χ0v) is 13.3. The van der Waals surface area contributed by atoms with Crippen LogP contribution in [0.4, 0.5) is 0 Å². The van der Waals surface area contributed by atoms with Crippen LogP contribution in [0, 0.1) is 0 Å². The SMILES string of the molecule is CCCCCCO[P+]([O-])(O)OCC[N+](C)(C)CCO. The molecule has 0 spiro atoms. The van der Waals surface area contributed by atoms with E-state index >= 15 is 0 Å². The molecule has 0 aliphatic rings. The van der Waals surface area contributed by atoms with E-state index in [4.69, 9.17) is 14.2 Å². The van der Waals surface area contributed by atoms with Crippen molar-refractivity contribution >= 4 is 8.17 Å². The molecular weight excluding hydrogens is 269 g/mol. The molecule has 0 fully saturated rings. The van der Waals surface area contributed by atoms with Crippen LogP contribution < -0.4 is 4.89 Å². The molecule has 0 heterocycles. The van der Waals surface area contributed by atoms with Gasteiger partial charge in [0.15, 0.2) is 0 Å². The van der Waals surface area contributed by atoms with Crippen molar-refractivity contribution in [2.45, 2.75) is 32.6 Å². The fraction of sp³-hybridized carbons (Fsp3) is 1.00. The molecule has 0 aliphatic heterocycles. The van der Waals surface area contributed by atoms with Gasteiger partial charge in [-0.15, -0.1) is 0 Å². The van der Waals surface area contributed by atoms with Gasteiger partial charge in [0, 0.05) is 0 Å². The molecule has 0 bridgehead atoms. The average Bonchev–Trinajstić information content (AvgIpc) is 2.27. The molecule has 0 aromatic rings. The topological polar surface area (TPSA) is 82.0 Å². The van der Waals surface area contributed by atoms with Crippen molar-refractivity contribution in [1.29, 1.82) is 0 Å². The quantitative estimate of drug-likeness (QED) is 0.315. The molecule has 7 heteroatoms. The van der Waals surface area contributed by atoms with Crippen LogP contribution in [0.5, 0.6) is 0 Å². The highest BCUT2D eigenvalue weighted by molar-refractivity contribution is 7.52. The van der Waals surface area contributed by atoms with Crippen molar-refractivity contribution in [1.82, 2.24) is 0 Å². The highest BCUT2D eigenvalue weighted by Gasteiger charge is 2.28. The Labute approximate surface area is 117 Å². The molecule has 0 aromatic carbocycles. The van der Waals surface area contributed by atoms with Crippen LogP contribution in [0.3, 0.4) is 0 Å². The first-order valence-corrected chi connectivity index (χ1v) is 8.37. The summed E-state index contributed by atoms with van der Waals surface area (Å²) in [5, 5.41) is 8.86. The molecule has 0 aromatic heterocycles. The zero-order valence-electron chi connectivity index (χ0n) is 12.4. The van der Waals surface area contributed by atoms with E-state index in [1.807, 2.05) is 14.1 Å². The second-order valence-corrected chi connectivity index (χ2v) is 6.76. The van der Waals surface area contributed by atoms with Crippen molar-refractivity contribution in [3.8, 4) is 0 Å². The first kappa shape index (κ1) is 19.2.